The van der Waals surface area contributed by atoms with E-state index in [1.807, 2.05) is 35.5 Å². The Balaban J connectivity index is 1.15. The lowest BCUT2D eigenvalue weighted by Crippen LogP contribution is -2.33. The van der Waals surface area contributed by atoms with Crippen molar-refractivity contribution in [2.45, 2.75) is 73.0 Å². The number of imide groups is 1. The first kappa shape index (κ1) is 62.3. The first-order chi connectivity index (χ1) is 36.0. The summed E-state index contributed by atoms with van der Waals surface area (Å²) in [6, 6.07) is 8.62. The van der Waals surface area contributed by atoms with Crippen molar-refractivity contribution in [3.8, 4) is 0 Å². The fraction of sp³-hybridized carbons (Fsp3) is 0.592. The van der Waals surface area contributed by atoms with E-state index in [0.29, 0.717) is 92.4 Å². The molecule has 3 N–H and O–H groups in total. The molecule has 2 aromatic carbocycles. The molecule has 76 heavy (non-hydrogen) atoms. The number of methoxy groups -OCH3 is 2. The number of ether oxygens (including phenoxy) is 8. The van der Waals surface area contributed by atoms with Crippen LogP contribution >= 0.6 is 0 Å². The zero-order valence-corrected chi connectivity index (χ0v) is 45.7. The first-order valence-electron chi connectivity index (χ1n) is 24.6. The molecule has 0 saturated carbocycles. The molecule has 24 nitrogen and oxygen atoms in total. The summed E-state index contributed by atoms with van der Waals surface area (Å²) < 4.78 is 149. The Kier molecular flexibility index (Phi) is 23.6. The summed E-state index contributed by atoms with van der Waals surface area (Å²) in [6.45, 7) is 8.12. The van der Waals surface area contributed by atoms with E-state index < -0.39 is 64.7 Å². The van der Waals surface area contributed by atoms with Gasteiger partial charge in [-0.2, -0.15) is 29.8 Å². The van der Waals surface area contributed by atoms with Crippen LogP contribution in [0.5, 0.6) is 0 Å². The second-order valence-electron chi connectivity index (χ2n) is 18.2. The number of carbonyl (C=O) groups excluding carboxylic acids is 3. The number of allylic oxidation sites excluding steroid dienone is 4. The molecule has 2 unspecified atom stereocenters. The molecule has 0 bridgehead atoms. The van der Waals surface area contributed by atoms with Gasteiger partial charge in [-0.3, -0.25) is 23.2 Å². The largest absolute Gasteiger partial charge is 0.385 e. The maximum absolute atomic E-state index is 12.4. The van der Waals surface area contributed by atoms with Crippen LogP contribution in [0.2, 0.25) is 0 Å². The Labute approximate surface area is 444 Å². The molecule has 0 radical (unpaired) electrons. The zero-order chi connectivity index (χ0) is 55.6. The molecule has 1 fully saturated rings. The monoisotopic (exact) mass is 1130 g/mol. The number of nitrogens with zero attached hydrogens (tertiary/aromatic N) is 3. The van der Waals surface area contributed by atoms with E-state index in [9.17, 15) is 53.3 Å². The smallest absolute Gasteiger partial charge is 0.335 e. The number of hydroxylamine groups is 2. The van der Waals surface area contributed by atoms with E-state index in [-0.39, 0.29) is 94.8 Å². The van der Waals surface area contributed by atoms with Crippen molar-refractivity contribution < 1.29 is 101 Å². The van der Waals surface area contributed by atoms with E-state index in [2.05, 4.69) is 0 Å². The van der Waals surface area contributed by atoms with E-state index in [1.54, 1.807) is 25.3 Å². The van der Waals surface area contributed by atoms with Crippen molar-refractivity contribution in [2.75, 3.05) is 130 Å². The maximum atomic E-state index is 12.4. The molecule has 0 aromatic heterocycles. The van der Waals surface area contributed by atoms with Gasteiger partial charge in [-0.1, -0.05) is 6.08 Å². The van der Waals surface area contributed by atoms with Gasteiger partial charge in [0.05, 0.1) is 107 Å². The first-order valence-corrected chi connectivity index (χ1v) is 29.1. The number of rotatable bonds is 36. The van der Waals surface area contributed by atoms with Crippen LogP contribution in [-0.4, -0.2) is 198 Å². The van der Waals surface area contributed by atoms with Crippen LogP contribution in [-0.2, 0) is 98.3 Å². The van der Waals surface area contributed by atoms with Gasteiger partial charge in [0.15, 0.2) is 12.3 Å². The molecule has 2 atom stereocenters. The molecule has 1 saturated heterocycles. The molecule has 3 aliphatic rings. The normalized spacial score (nSPS) is 19.5. The molecule has 3 aliphatic heterocycles. The number of fused-ring (bicyclic) bond motifs is 2. The highest BCUT2D eigenvalue weighted by Crippen LogP contribution is 2.51. The highest BCUT2D eigenvalue weighted by atomic mass is 32.2. The second kappa shape index (κ2) is 28.9. The van der Waals surface area contributed by atoms with Crippen LogP contribution in [0.3, 0.4) is 0 Å². The standard InChI is InChI=1S/C49H69N3O21S3/c1-48(16-6-34-74(56,57)58)39-35-37(75(59,60)61)9-11-41(39)50(18-22-66-4)43(48)7-5-8-44-49(2,17-21-65-3)40-36-38(76(62,63)64)10-12-42(40)51(44)19-23-68-25-27-70-29-31-72-33-32-71-30-28-69-26-24-67-20-15-47(55)73-52-45(53)13-14-46(52)54/h5,7-12,35-36H,6,13-34H2,1-4H3,(H2-,56,57,58,59,60,61,62,63,64)/p+1. The molecular weight excluding hydrogens is 1060 g/mol. The zero-order valence-electron chi connectivity index (χ0n) is 43.2. The highest BCUT2D eigenvalue weighted by molar-refractivity contribution is 7.86. The van der Waals surface area contributed by atoms with Crippen LogP contribution in [0.1, 0.15) is 63.5 Å². The van der Waals surface area contributed by atoms with Crippen LogP contribution in [0.15, 0.2) is 70.1 Å². The second-order valence-corrected chi connectivity index (χ2v) is 22.6. The summed E-state index contributed by atoms with van der Waals surface area (Å²) in [5.74, 6) is -2.37. The van der Waals surface area contributed by atoms with E-state index in [4.69, 9.17) is 42.7 Å². The minimum absolute atomic E-state index is 0.00718. The van der Waals surface area contributed by atoms with Crippen LogP contribution in [0, 0.1) is 0 Å². The van der Waals surface area contributed by atoms with Gasteiger partial charge in [0.1, 0.15) is 6.61 Å². The van der Waals surface area contributed by atoms with Crippen molar-refractivity contribution in [3.63, 3.8) is 0 Å². The Morgan fingerprint density at radius 1 is 0.658 bits per heavy atom. The number of hydrogen-bond acceptors (Lipinski definition) is 19. The topological polar surface area (TPSA) is 307 Å². The van der Waals surface area contributed by atoms with Crippen LogP contribution in [0.4, 0.5) is 11.4 Å². The van der Waals surface area contributed by atoms with Gasteiger partial charge in [-0.25, -0.2) is 4.79 Å². The van der Waals surface area contributed by atoms with Gasteiger partial charge in [0.25, 0.3) is 42.2 Å². The molecule has 0 spiro atoms. The van der Waals surface area contributed by atoms with Crippen molar-refractivity contribution in [3.05, 3.63) is 71.5 Å². The van der Waals surface area contributed by atoms with Crippen molar-refractivity contribution in [1.29, 1.82) is 0 Å². The average molecular weight is 1130 g/mol. The van der Waals surface area contributed by atoms with Crippen molar-refractivity contribution >= 4 is 65.2 Å². The van der Waals surface area contributed by atoms with Crippen molar-refractivity contribution in [2.24, 2.45) is 0 Å². The van der Waals surface area contributed by atoms with Gasteiger partial charge in [0.2, 0.25) is 5.69 Å². The Morgan fingerprint density at radius 2 is 1.17 bits per heavy atom. The molecule has 2 aromatic rings. The lowest BCUT2D eigenvalue weighted by atomic mass is 9.75. The summed E-state index contributed by atoms with van der Waals surface area (Å²) in [6.07, 6.45) is 5.97. The number of carbonyl (C=O) groups is 3. The van der Waals surface area contributed by atoms with E-state index in [1.165, 1.54) is 31.4 Å². The fourth-order valence-electron chi connectivity index (χ4n) is 9.04. The fourth-order valence-corrected chi connectivity index (χ4v) is 10.6. The molecule has 2 amide bonds. The molecule has 27 heteroatoms. The number of amides is 2. The third kappa shape index (κ3) is 17.5. The van der Waals surface area contributed by atoms with Crippen LogP contribution in [0.25, 0.3) is 0 Å². The minimum atomic E-state index is -4.63. The van der Waals surface area contributed by atoms with Gasteiger partial charge in [0, 0.05) is 74.7 Å². The van der Waals surface area contributed by atoms with E-state index >= 15 is 0 Å². The third-order valence-electron chi connectivity index (χ3n) is 12.9. The number of anilines is 1. The summed E-state index contributed by atoms with van der Waals surface area (Å²) >= 11 is 0. The van der Waals surface area contributed by atoms with Gasteiger partial charge in [-0.15, -0.1) is 5.06 Å². The summed E-state index contributed by atoms with van der Waals surface area (Å²) in [5.41, 5.74) is 1.89. The predicted octanol–water partition coefficient (Wildman–Crippen LogP) is 3.20. The number of hydrogen-bond donors (Lipinski definition) is 3. The number of benzene rings is 2. The molecular formula is C49H70N3O21S3+. The average Bonchev–Trinajstić information content (AvgIpc) is 3.91. The summed E-state index contributed by atoms with van der Waals surface area (Å²) in [5, 5.41) is 0.494. The lowest BCUT2D eigenvalue weighted by Gasteiger charge is -2.30. The summed E-state index contributed by atoms with van der Waals surface area (Å²) in [4.78, 5) is 41.0. The predicted molar refractivity (Wildman–Crippen MR) is 272 cm³/mol. The van der Waals surface area contributed by atoms with E-state index in [0.717, 1.165) is 5.70 Å². The third-order valence-corrected chi connectivity index (χ3v) is 15.4. The quantitative estimate of drug-likeness (QED) is 0.0382. The molecule has 0 aliphatic carbocycles. The highest BCUT2D eigenvalue weighted by Gasteiger charge is 2.48. The Bertz CT molecular complexity index is 2750. The SMILES string of the molecule is COCC[N+]1=C(/C=C/C=C2/N(CCOCCOCCOCCOCCOCCOCCC(=O)ON3C(=O)CCC3=O)c3ccc(S(=O)(=O)O)cc3C2(C)CCOC)C(C)(CCCS(=O)(=O)O)c2cc(S(=O)(=O)O)ccc21. The Hall–Kier alpha value is -4.59. The molecule has 3 heterocycles. The molecule has 5 rings (SSSR count). The summed E-state index contributed by atoms with van der Waals surface area (Å²) in [7, 11) is -10.5. The van der Waals surface area contributed by atoms with Gasteiger partial charge < -0.3 is 47.6 Å². The van der Waals surface area contributed by atoms with Gasteiger partial charge >= 0.3 is 5.97 Å². The minimum Gasteiger partial charge on any atom is -0.385 e. The maximum Gasteiger partial charge on any atom is 0.335 e. The lowest BCUT2D eigenvalue weighted by molar-refractivity contribution is -0.441. The van der Waals surface area contributed by atoms with Crippen LogP contribution < -0.4 is 4.90 Å². The van der Waals surface area contributed by atoms with Crippen molar-refractivity contribution in [1.82, 2.24) is 5.06 Å². The van der Waals surface area contributed by atoms with Gasteiger partial charge in [-0.05, 0) is 75.1 Å². The molecule has 424 valence electrons. The Morgan fingerprint density at radius 3 is 1.70 bits per heavy atom.